The van der Waals surface area contributed by atoms with Gasteiger partial charge < -0.3 is 5.11 Å². The van der Waals surface area contributed by atoms with Gasteiger partial charge in [-0.15, -0.1) is 0 Å². The summed E-state index contributed by atoms with van der Waals surface area (Å²) in [6.45, 7) is 0.236. The van der Waals surface area contributed by atoms with E-state index in [9.17, 15) is 10.1 Å². The molecular weight excluding hydrogens is 337 g/mol. The third kappa shape index (κ3) is 2.74. The average Bonchev–Trinajstić information content (AvgIpc) is 2.88. The highest BCUT2D eigenvalue weighted by molar-refractivity contribution is 6.36. The van der Waals surface area contributed by atoms with Crippen molar-refractivity contribution in [1.82, 2.24) is 9.78 Å². The van der Waals surface area contributed by atoms with E-state index in [0.717, 1.165) is 0 Å². The van der Waals surface area contributed by atoms with Crippen LogP contribution in [0.15, 0.2) is 36.4 Å². The van der Waals surface area contributed by atoms with Crippen LogP contribution in [-0.4, -0.2) is 20.9 Å². The number of hydrogen-bond acceptors (Lipinski definition) is 3. The molecule has 0 bridgehead atoms. The van der Waals surface area contributed by atoms with Crippen LogP contribution in [0.25, 0.3) is 10.9 Å². The Balaban J connectivity index is 2.19. The van der Waals surface area contributed by atoms with E-state index >= 15 is 0 Å². The van der Waals surface area contributed by atoms with E-state index in [1.807, 2.05) is 6.07 Å². The van der Waals surface area contributed by atoms with Crippen LogP contribution in [0.4, 0.5) is 0 Å². The maximum atomic E-state index is 11.2. The fourth-order valence-corrected chi connectivity index (χ4v) is 2.86. The molecule has 1 aromatic heterocycles. The average molecular weight is 346 g/mol. The molecule has 0 radical (unpaired) electrons. The van der Waals surface area contributed by atoms with E-state index in [0.29, 0.717) is 26.5 Å². The molecule has 0 saturated heterocycles. The number of carboxylic acids is 1. The van der Waals surface area contributed by atoms with Crippen LogP contribution in [-0.2, 0) is 6.54 Å². The zero-order valence-corrected chi connectivity index (χ0v) is 13.1. The number of fused-ring (bicyclic) bond motifs is 1. The number of carboxylic acid groups (broad SMARTS) is 1. The Hall–Kier alpha value is -2.55. The van der Waals surface area contributed by atoms with Crippen molar-refractivity contribution in [1.29, 1.82) is 5.26 Å². The summed E-state index contributed by atoms with van der Waals surface area (Å²) in [5, 5.41) is 24.1. The van der Waals surface area contributed by atoms with Gasteiger partial charge in [0.25, 0.3) is 0 Å². The molecule has 0 amide bonds. The lowest BCUT2D eigenvalue weighted by Gasteiger charge is -2.08. The van der Waals surface area contributed by atoms with E-state index in [1.165, 1.54) is 16.8 Å². The second-order valence-corrected chi connectivity index (χ2v) is 5.67. The molecule has 0 fully saturated rings. The molecule has 7 heteroatoms. The van der Waals surface area contributed by atoms with E-state index in [-0.39, 0.29) is 17.8 Å². The van der Waals surface area contributed by atoms with E-state index in [1.54, 1.807) is 24.3 Å². The molecule has 0 spiro atoms. The van der Waals surface area contributed by atoms with Gasteiger partial charge in [-0.25, -0.2) is 4.79 Å². The number of carbonyl (C=O) groups is 1. The monoisotopic (exact) mass is 345 g/mol. The SMILES string of the molecule is N#Cc1nn(Cc2c(Cl)cccc2Cl)c2cc(C(=O)O)ccc12. The van der Waals surface area contributed by atoms with Crippen molar-refractivity contribution in [2.24, 2.45) is 0 Å². The molecule has 23 heavy (non-hydrogen) atoms. The third-order valence-corrected chi connectivity index (χ3v) is 4.18. The molecule has 1 N–H and O–H groups in total. The summed E-state index contributed by atoms with van der Waals surface area (Å²) in [6.07, 6.45) is 0. The van der Waals surface area contributed by atoms with Crippen molar-refractivity contribution in [2.45, 2.75) is 6.54 Å². The van der Waals surface area contributed by atoms with Crippen LogP contribution in [0.2, 0.25) is 10.0 Å². The Bertz CT molecular complexity index is 953. The molecule has 0 unspecified atom stereocenters. The molecule has 114 valence electrons. The van der Waals surface area contributed by atoms with Gasteiger partial charge in [0.1, 0.15) is 6.07 Å². The van der Waals surface area contributed by atoms with Gasteiger partial charge in [-0.1, -0.05) is 29.3 Å². The minimum absolute atomic E-state index is 0.119. The number of halogens is 2. The summed E-state index contributed by atoms with van der Waals surface area (Å²) in [6, 6.07) is 11.7. The zero-order chi connectivity index (χ0) is 16.6. The van der Waals surface area contributed by atoms with Crippen LogP contribution in [0.5, 0.6) is 0 Å². The smallest absolute Gasteiger partial charge is 0.335 e. The maximum Gasteiger partial charge on any atom is 0.335 e. The molecule has 0 aliphatic heterocycles. The normalized spacial score (nSPS) is 10.7. The second kappa shape index (κ2) is 5.92. The molecule has 0 atom stereocenters. The fraction of sp³-hybridized carbons (Fsp3) is 0.0625. The molecule has 5 nitrogen and oxygen atoms in total. The first-order valence-electron chi connectivity index (χ1n) is 6.58. The van der Waals surface area contributed by atoms with Gasteiger partial charge >= 0.3 is 5.97 Å². The lowest BCUT2D eigenvalue weighted by atomic mass is 10.1. The molecule has 3 aromatic rings. The third-order valence-electron chi connectivity index (χ3n) is 3.47. The zero-order valence-electron chi connectivity index (χ0n) is 11.6. The van der Waals surface area contributed by atoms with E-state index < -0.39 is 5.97 Å². The summed E-state index contributed by atoms with van der Waals surface area (Å²) >= 11 is 12.3. The number of aromatic carboxylic acids is 1. The Morgan fingerprint density at radius 1 is 1.26 bits per heavy atom. The number of hydrogen-bond donors (Lipinski definition) is 1. The lowest BCUT2D eigenvalue weighted by Crippen LogP contribution is -2.04. The Morgan fingerprint density at radius 2 is 1.96 bits per heavy atom. The number of aromatic nitrogens is 2. The van der Waals surface area contributed by atoms with Crippen molar-refractivity contribution < 1.29 is 9.90 Å². The highest BCUT2D eigenvalue weighted by Crippen LogP contribution is 2.27. The number of rotatable bonds is 3. The first-order chi connectivity index (χ1) is 11.0. The minimum Gasteiger partial charge on any atom is -0.478 e. The minimum atomic E-state index is -1.05. The van der Waals surface area contributed by atoms with Gasteiger partial charge in [0.2, 0.25) is 0 Å². The summed E-state index contributed by atoms with van der Waals surface area (Å²) < 4.78 is 1.54. The standard InChI is InChI=1S/C16H9Cl2N3O2/c17-12-2-1-3-13(18)11(12)8-21-15-6-9(16(22)23)4-5-10(15)14(7-19)20-21/h1-6H,8H2,(H,22,23). The van der Waals surface area contributed by atoms with Crippen molar-refractivity contribution in [2.75, 3.05) is 0 Å². The predicted molar refractivity (Wildman–Crippen MR) is 87.0 cm³/mol. The predicted octanol–water partition coefficient (Wildman–Crippen LogP) is 3.96. The van der Waals surface area contributed by atoms with Crippen molar-refractivity contribution in [3.63, 3.8) is 0 Å². The highest BCUT2D eigenvalue weighted by atomic mass is 35.5. The van der Waals surface area contributed by atoms with Crippen LogP contribution in [0.3, 0.4) is 0 Å². The molecule has 3 rings (SSSR count). The van der Waals surface area contributed by atoms with Crippen molar-refractivity contribution in [3.8, 4) is 6.07 Å². The Morgan fingerprint density at radius 3 is 2.57 bits per heavy atom. The number of nitrogens with zero attached hydrogens (tertiary/aromatic N) is 3. The largest absolute Gasteiger partial charge is 0.478 e. The summed E-state index contributed by atoms with van der Waals surface area (Å²) in [7, 11) is 0. The van der Waals surface area contributed by atoms with Crippen LogP contribution >= 0.6 is 23.2 Å². The topological polar surface area (TPSA) is 78.9 Å². The van der Waals surface area contributed by atoms with Gasteiger partial charge in [-0.2, -0.15) is 10.4 Å². The molecule has 1 heterocycles. The number of benzene rings is 2. The Kier molecular flexibility index (Phi) is 3.95. The van der Waals surface area contributed by atoms with Gasteiger partial charge in [0.05, 0.1) is 17.6 Å². The molecular formula is C16H9Cl2N3O2. The van der Waals surface area contributed by atoms with Gasteiger partial charge in [0.15, 0.2) is 5.69 Å². The van der Waals surface area contributed by atoms with Crippen molar-refractivity contribution in [3.05, 3.63) is 63.3 Å². The fourth-order valence-electron chi connectivity index (χ4n) is 2.34. The van der Waals surface area contributed by atoms with Crippen molar-refractivity contribution >= 4 is 40.1 Å². The second-order valence-electron chi connectivity index (χ2n) is 4.86. The van der Waals surface area contributed by atoms with Gasteiger partial charge in [-0.05, 0) is 30.3 Å². The molecule has 0 aliphatic carbocycles. The van der Waals surface area contributed by atoms with E-state index in [4.69, 9.17) is 28.3 Å². The van der Waals surface area contributed by atoms with Crippen LogP contribution in [0, 0.1) is 11.3 Å². The number of nitriles is 1. The lowest BCUT2D eigenvalue weighted by molar-refractivity contribution is 0.0697. The summed E-state index contributed by atoms with van der Waals surface area (Å²) in [5.74, 6) is -1.05. The van der Waals surface area contributed by atoms with Crippen LogP contribution in [0.1, 0.15) is 21.6 Å². The van der Waals surface area contributed by atoms with E-state index in [2.05, 4.69) is 5.10 Å². The summed E-state index contributed by atoms with van der Waals surface area (Å²) in [5.41, 5.74) is 1.54. The highest BCUT2D eigenvalue weighted by Gasteiger charge is 2.15. The quantitative estimate of drug-likeness (QED) is 0.778. The first-order valence-corrected chi connectivity index (χ1v) is 7.33. The van der Waals surface area contributed by atoms with Crippen LogP contribution < -0.4 is 0 Å². The first kappa shape index (κ1) is 15.3. The van der Waals surface area contributed by atoms with Gasteiger partial charge in [0, 0.05) is 21.0 Å². The summed E-state index contributed by atoms with van der Waals surface area (Å²) in [4.78, 5) is 11.2. The maximum absolute atomic E-state index is 11.2. The molecule has 0 aliphatic rings. The molecule has 2 aromatic carbocycles. The Labute approximate surface area is 141 Å². The molecule has 0 saturated carbocycles. The van der Waals surface area contributed by atoms with Gasteiger partial charge in [-0.3, -0.25) is 4.68 Å².